The van der Waals surface area contributed by atoms with Gasteiger partial charge in [0.25, 0.3) is 0 Å². The van der Waals surface area contributed by atoms with Gasteiger partial charge >= 0.3 is 0 Å². The van der Waals surface area contributed by atoms with E-state index >= 15 is 0 Å². The highest BCUT2D eigenvalue weighted by Crippen LogP contribution is 2.34. The van der Waals surface area contributed by atoms with E-state index in [1.54, 1.807) is 18.2 Å². The average Bonchev–Trinajstić information content (AvgIpc) is 2.31. The van der Waals surface area contributed by atoms with Crippen molar-refractivity contribution in [3.05, 3.63) is 51.2 Å². The molecule has 0 atom stereocenters. The predicted octanol–water partition coefficient (Wildman–Crippen LogP) is 4.58. The fourth-order valence-corrected chi connectivity index (χ4v) is 2.12. The third kappa shape index (κ3) is 2.37. The molecule has 0 bridgehead atoms. The van der Waals surface area contributed by atoms with Gasteiger partial charge in [0, 0.05) is 16.8 Å². The Bertz CT molecular complexity index is 618. The van der Waals surface area contributed by atoms with Gasteiger partial charge in [-0.1, -0.05) is 46.9 Å². The standard InChI is InChI=1S/C12H5Cl3N2/c13-8-3-1-2-7(4-8)11-9(5-16)12(15)17-6-10(11)14/h1-4,6H. The number of rotatable bonds is 1. The maximum atomic E-state index is 9.09. The maximum Gasteiger partial charge on any atom is 0.147 e. The highest BCUT2D eigenvalue weighted by molar-refractivity contribution is 6.36. The van der Waals surface area contributed by atoms with Crippen molar-refractivity contribution in [2.75, 3.05) is 0 Å². The number of halogens is 3. The molecule has 0 radical (unpaired) electrons. The lowest BCUT2D eigenvalue weighted by atomic mass is 10.0. The Hall–Kier alpha value is -1.27. The highest BCUT2D eigenvalue weighted by atomic mass is 35.5. The summed E-state index contributed by atoms with van der Waals surface area (Å²) in [5.41, 5.74) is 1.54. The second-order valence-electron chi connectivity index (χ2n) is 3.27. The van der Waals surface area contributed by atoms with Crippen LogP contribution in [0.2, 0.25) is 15.2 Å². The lowest BCUT2D eigenvalue weighted by molar-refractivity contribution is 1.30. The molecule has 0 saturated carbocycles. The number of hydrogen-bond donors (Lipinski definition) is 0. The second kappa shape index (κ2) is 4.93. The van der Waals surface area contributed by atoms with E-state index < -0.39 is 0 Å². The molecule has 5 heteroatoms. The third-order valence-corrected chi connectivity index (χ3v) is 3.02. The first-order chi connectivity index (χ1) is 8.13. The van der Waals surface area contributed by atoms with Gasteiger partial charge in [-0.15, -0.1) is 0 Å². The molecule has 1 heterocycles. The van der Waals surface area contributed by atoms with Gasteiger partial charge in [-0.05, 0) is 17.7 Å². The molecular weight excluding hydrogens is 279 g/mol. The molecule has 2 nitrogen and oxygen atoms in total. The van der Waals surface area contributed by atoms with Gasteiger partial charge in [-0.25, -0.2) is 4.98 Å². The van der Waals surface area contributed by atoms with Gasteiger partial charge in [0.1, 0.15) is 11.2 Å². The summed E-state index contributed by atoms with van der Waals surface area (Å²) in [6.07, 6.45) is 1.42. The van der Waals surface area contributed by atoms with Crippen LogP contribution >= 0.6 is 34.8 Å². The van der Waals surface area contributed by atoms with Crippen molar-refractivity contribution in [3.63, 3.8) is 0 Å². The average molecular weight is 284 g/mol. The summed E-state index contributed by atoms with van der Waals surface area (Å²) >= 11 is 17.8. The number of nitriles is 1. The first-order valence-electron chi connectivity index (χ1n) is 4.63. The van der Waals surface area contributed by atoms with Gasteiger partial charge in [-0.2, -0.15) is 5.26 Å². The Morgan fingerprint density at radius 2 is 1.94 bits per heavy atom. The molecule has 0 saturated heterocycles. The Kier molecular flexibility index (Phi) is 3.54. The largest absolute Gasteiger partial charge is 0.242 e. The summed E-state index contributed by atoms with van der Waals surface area (Å²) in [6.45, 7) is 0. The molecule has 1 aromatic heterocycles. The van der Waals surface area contributed by atoms with Crippen molar-refractivity contribution in [1.82, 2.24) is 4.98 Å². The summed E-state index contributed by atoms with van der Waals surface area (Å²) in [5, 5.41) is 10.2. The quantitative estimate of drug-likeness (QED) is 0.718. The third-order valence-electron chi connectivity index (χ3n) is 2.21. The Morgan fingerprint density at radius 3 is 2.59 bits per heavy atom. The minimum Gasteiger partial charge on any atom is -0.242 e. The van der Waals surface area contributed by atoms with Crippen molar-refractivity contribution in [2.24, 2.45) is 0 Å². The maximum absolute atomic E-state index is 9.09. The molecule has 0 aliphatic rings. The molecule has 17 heavy (non-hydrogen) atoms. The molecule has 0 fully saturated rings. The summed E-state index contributed by atoms with van der Waals surface area (Å²) < 4.78 is 0. The molecule has 0 unspecified atom stereocenters. The molecule has 2 aromatic rings. The Labute approximate surface area is 113 Å². The van der Waals surface area contributed by atoms with E-state index in [1.807, 2.05) is 12.1 Å². The molecule has 1 aromatic carbocycles. The molecule has 0 spiro atoms. The van der Waals surface area contributed by atoms with E-state index in [0.717, 1.165) is 5.56 Å². The number of pyridine rings is 1. The second-order valence-corrected chi connectivity index (χ2v) is 4.47. The number of benzene rings is 1. The minimum atomic E-state index is 0.131. The van der Waals surface area contributed by atoms with Crippen molar-refractivity contribution >= 4 is 34.8 Å². The SMILES string of the molecule is N#Cc1c(Cl)ncc(Cl)c1-c1cccc(Cl)c1. The van der Waals surface area contributed by atoms with Crippen molar-refractivity contribution in [3.8, 4) is 17.2 Å². The van der Waals surface area contributed by atoms with Crippen molar-refractivity contribution in [2.45, 2.75) is 0 Å². The van der Waals surface area contributed by atoms with Gasteiger partial charge < -0.3 is 0 Å². The van der Waals surface area contributed by atoms with Gasteiger partial charge in [0.05, 0.1) is 10.6 Å². The topological polar surface area (TPSA) is 36.7 Å². The lowest BCUT2D eigenvalue weighted by Gasteiger charge is -2.07. The van der Waals surface area contributed by atoms with E-state index in [1.165, 1.54) is 6.20 Å². The van der Waals surface area contributed by atoms with E-state index in [2.05, 4.69) is 4.98 Å². The summed E-state index contributed by atoms with van der Waals surface area (Å²) in [6, 6.07) is 9.06. The molecular formula is C12H5Cl3N2. The molecule has 0 N–H and O–H groups in total. The van der Waals surface area contributed by atoms with Crippen LogP contribution < -0.4 is 0 Å². The van der Waals surface area contributed by atoms with Crippen LogP contribution in [-0.2, 0) is 0 Å². The first kappa shape index (κ1) is 12.2. The van der Waals surface area contributed by atoms with Crippen LogP contribution in [0.15, 0.2) is 30.5 Å². The fraction of sp³-hybridized carbons (Fsp3) is 0. The van der Waals surface area contributed by atoms with E-state index in [-0.39, 0.29) is 10.7 Å². The van der Waals surface area contributed by atoms with Crippen LogP contribution in [0.3, 0.4) is 0 Å². The van der Waals surface area contributed by atoms with Crippen LogP contribution in [0.25, 0.3) is 11.1 Å². The van der Waals surface area contributed by atoms with Gasteiger partial charge in [-0.3, -0.25) is 0 Å². The lowest BCUT2D eigenvalue weighted by Crippen LogP contribution is -1.90. The van der Waals surface area contributed by atoms with Crippen LogP contribution in [0.4, 0.5) is 0 Å². The van der Waals surface area contributed by atoms with Crippen LogP contribution in [-0.4, -0.2) is 4.98 Å². The number of aromatic nitrogens is 1. The minimum absolute atomic E-state index is 0.131. The van der Waals surface area contributed by atoms with E-state index in [9.17, 15) is 0 Å². The summed E-state index contributed by atoms with van der Waals surface area (Å²) in [7, 11) is 0. The van der Waals surface area contributed by atoms with E-state index in [0.29, 0.717) is 15.6 Å². The highest BCUT2D eigenvalue weighted by Gasteiger charge is 2.14. The van der Waals surface area contributed by atoms with E-state index in [4.69, 9.17) is 40.1 Å². The van der Waals surface area contributed by atoms with Gasteiger partial charge in [0.15, 0.2) is 0 Å². The smallest absolute Gasteiger partial charge is 0.147 e. The summed E-state index contributed by atoms with van der Waals surface area (Å²) in [5.74, 6) is 0. The summed E-state index contributed by atoms with van der Waals surface area (Å²) in [4.78, 5) is 3.84. The van der Waals surface area contributed by atoms with Crippen LogP contribution in [0.1, 0.15) is 5.56 Å². The zero-order valence-electron chi connectivity index (χ0n) is 8.42. The number of nitrogens with zero attached hydrogens (tertiary/aromatic N) is 2. The molecule has 0 amide bonds. The monoisotopic (exact) mass is 282 g/mol. The van der Waals surface area contributed by atoms with Crippen molar-refractivity contribution in [1.29, 1.82) is 5.26 Å². The Morgan fingerprint density at radius 1 is 1.18 bits per heavy atom. The first-order valence-corrected chi connectivity index (χ1v) is 5.77. The van der Waals surface area contributed by atoms with Crippen LogP contribution in [0, 0.1) is 11.3 Å². The fourth-order valence-electron chi connectivity index (χ4n) is 1.49. The number of hydrogen-bond acceptors (Lipinski definition) is 2. The Balaban J connectivity index is 2.75. The normalized spacial score (nSPS) is 10.0. The van der Waals surface area contributed by atoms with Gasteiger partial charge in [0.2, 0.25) is 0 Å². The van der Waals surface area contributed by atoms with Crippen LogP contribution in [0.5, 0.6) is 0 Å². The molecule has 2 rings (SSSR count). The van der Waals surface area contributed by atoms with Crippen molar-refractivity contribution < 1.29 is 0 Å². The molecule has 0 aliphatic carbocycles. The zero-order valence-corrected chi connectivity index (χ0v) is 10.7. The molecule has 0 aliphatic heterocycles. The zero-order chi connectivity index (χ0) is 12.4. The predicted molar refractivity (Wildman–Crippen MR) is 69.4 cm³/mol. The molecule has 84 valence electrons.